The Hall–Kier alpha value is -2.41. The number of methoxy groups -OCH3 is 1. The fourth-order valence-corrected chi connectivity index (χ4v) is 3.01. The highest BCUT2D eigenvalue weighted by Gasteiger charge is 2.22. The molecule has 0 aliphatic carbocycles. The van der Waals surface area contributed by atoms with Crippen molar-refractivity contribution in [1.82, 2.24) is 0 Å². The van der Waals surface area contributed by atoms with E-state index < -0.39 is 10.0 Å². The minimum absolute atomic E-state index is 0.0103. The molecule has 3 N–H and O–H groups in total. The molecule has 2 aromatic rings. The molecule has 2 aromatic carbocycles. The first-order chi connectivity index (χ1) is 9.86. The van der Waals surface area contributed by atoms with Crippen LogP contribution in [-0.4, -0.2) is 27.7 Å². The van der Waals surface area contributed by atoms with E-state index in [0.29, 0.717) is 11.4 Å². The monoisotopic (exact) mass is 308 g/mol. The van der Waals surface area contributed by atoms with Gasteiger partial charge in [0.05, 0.1) is 23.4 Å². The van der Waals surface area contributed by atoms with Gasteiger partial charge in [0.25, 0.3) is 10.0 Å². The Morgan fingerprint density at radius 1 is 1.14 bits per heavy atom. The summed E-state index contributed by atoms with van der Waals surface area (Å²) in [5.74, 6) is 0.486. The van der Waals surface area contributed by atoms with Crippen LogP contribution in [0, 0.1) is 0 Å². The molecule has 0 saturated heterocycles. The summed E-state index contributed by atoms with van der Waals surface area (Å²) in [6.07, 6.45) is 0. The van der Waals surface area contributed by atoms with Crippen molar-refractivity contribution in [3.63, 3.8) is 0 Å². The minimum Gasteiger partial charge on any atom is -0.506 e. The molecule has 0 aromatic heterocycles. The summed E-state index contributed by atoms with van der Waals surface area (Å²) in [4.78, 5) is 0.0103. The molecule has 0 fully saturated rings. The third-order valence-electron chi connectivity index (χ3n) is 3.09. The summed E-state index contributed by atoms with van der Waals surface area (Å²) in [5, 5.41) is 9.38. The second kappa shape index (κ2) is 5.53. The number of hydrogen-bond donors (Lipinski definition) is 2. The highest BCUT2D eigenvalue weighted by atomic mass is 32.2. The van der Waals surface area contributed by atoms with Crippen LogP contribution in [0.5, 0.6) is 11.5 Å². The van der Waals surface area contributed by atoms with E-state index in [0.717, 1.165) is 4.31 Å². The normalized spacial score (nSPS) is 11.1. The zero-order chi connectivity index (χ0) is 15.6. The molecule has 6 nitrogen and oxygen atoms in total. The summed E-state index contributed by atoms with van der Waals surface area (Å²) in [6, 6.07) is 10.4. The molecule has 0 saturated carbocycles. The van der Waals surface area contributed by atoms with Crippen LogP contribution in [0.25, 0.3) is 0 Å². The summed E-state index contributed by atoms with van der Waals surface area (Å²) >= 11 is 0. The van der Waals surface area contributed by atoms with Gasteiger partial charge in [0.1, 0.15) is 11.5 Å². The topological polar surface area (TPSA) is 92.9 Å². The molecule has 0 spiro atoms. The number of hydrogen-bond acceptors (Lipinski definition) is 5. The van der Waals surface area contributed by atoms with Gasteiger partial charge in [-0.3, -0.25) is 4.31 Å². The van der Waals surface area contributed by atoms with E-state index in [-0.39, 0.29) is 16.3 Å². The van der Waals surface area contributed by atoms with Crippen LogP contribution in [0.2, 0.25) is 0 Å². The summed E-state index contributed by atoms with van der Waals surface area (Å²) in [7, 11) is -0.768. The van der Waals surface area contributed by atoms with Crippen molar-refractivity contribution in [2.45, 2.75) is 4.90 Å². The fraction of sp³-hybridized carbons (Fsp3) is 0.143. The van der Waals surface area contributed by atoms with Gasteiger partial charge in [-0.2, -0.15) is 0 Å². The van der Waals surface area contributed by atoms with Crippen molar-refractivity contribution >= 4 is 21.4 Å². The van der Waals surface area contributed by atoms with Crippen molar-refractivity contribution in [2.24, 2.45) is 0 Å². The van der Waals surface area contributed by atoms with Gasteiger partial charge in [-0.25, -0.2) is 8.42 Å². The molecule has 0 heterocycles. The summed E-state index contributed by atoms with van der Waals surface area (Å²) < 4.78 is 31.2. The quantitative estimate of drug-likeness (QED) is 0.664. The molecule has 0 aliphatic heterocycles. The summed E-state index contributed by atoms with van der Waals surface area (Å²) in [5.41, 5.74) is 6.05. The first-order valence-electron chi connectivity index (χ1n) is 6.07. The van der Waals surface area contributed by atoms with E-state index in [1.54, 1.807) is 24.3 Å². The molecular weight excluding hydrogens is 292 g/mol. The molecule has 21 heavy (non-hydrogen) atoms. The van der Waals surface area contributed by atoms with Gasteiger partial charge in [0, 0.05) is 7.05 Å². The number of aromatic hydroxyl groups is 1. The van der Waals surface area contributed by atoms with E-state index in [1.807, 2.05) is 0 Å². The Bertz CT molecular complexity index is 742. The maximum atomic E-state index is 12.5. The standard InChI is InChI=1S/C14H16N2O4S/c1-16(10-3-5-11(20-2)6-4-10)21(18,19)12-7-8-14(17)13(15)9-12/h3-9,17H,15H2,1-2H3. The van der Waals surface area contributed by atoms with Gasteiger partial charge >= 0.3 is 0 Å². The lowest BCUT2D eigenvalue weighted by molar-refractivity contribution is 0.415. The van der Waals surface area contributed by atoms with Crippen molar-refractivity contribution in [1.29, 1.82) is 0 Å². The Morgan fingerprint density at radius 2 is 1.76 bits per heavy atom. The number of anilines is 2. The number of nitrogens with two attached hydrogens (primary N) is 1. The number of ether oxygens (including phenoxy) is 1. The van der Waals surface area contributed by atoms with Gasteiger partial charge in [-0.05, 0) is 42.5 Å². The highest BCUT2D eigenvalue weighted by Crippen LogP contribution is 2.28. The van der Waals surface area contributed by atoms with Crippen LogP contribution in [0.4, 0.5) is 11.4 Å². The molecule has 0 aliphatic rings. The Labute approximate surface area is 123 Å². The van der Waals surface area contributed by atoms with Crippen LogP contribution >= 0.6 is 0 Å². The maximum absolute atomic E-state index is 12.5. The number of nitrogens with zero attached hydrogens (tertiary/aromatic N) is 1. The van der Waals surface area contributed by atoms with E-state index in [4.69, 9.17) is 10.5 Å². The van der Waals surface area contributed by atoms with Crippen molar-refractivity contribution in [3.05, 3.63) is 42.5 Å². The van der Waals surface area contributed by atoms with Crippen molar-refractivity contribution in [2.75, 3.05) is 24.2 Å². The lowest BCUT2D eigenvalue weighted by Gasteiger charge is -2.20. The molecule has 0 radical (unpaired) electrons. The number of phenolic OH excluding ortho intramolecular Hbond substituents is 1. The predicted octanol–water partition coefficient (Wildman–Crippen LogP) is 1.81. The van der Waals surface area contributed by atoms with Gasteiger partial charge in [-0.15, -0.1) is 0 Å². The van der Waals surface area contributed by atoms with E-state index in [1.165, 1.54) is 32.4 Å². The molecular formula is C14H16N2O4S. The SMILES string of the molecule is COc1ccc(N(C)S(=O)(=O)c2ccc(O)c(N)c2)cc1. The molecule has 0 amide bonds. The molecule has 0 atom stereocenters. The largest absolute Gasteiger partial charge is 0.506 e. The van der Waals surface area contributed by atoms with Crippen LogP contribution in [0.15, 0.2) is 47.4 Å². The number of sulfonamides is 1. The zero-order valence-corrected chi connectivity index (χ0v) is 12.5. The Balaban J connectivity index is 2.39. The van der Waals surface area contributed by atoms with Crippen LogP contribution < -0.4 is 14.8 Å². The lowest BCUT2D eigenvalue weighted by atomic mass is 10.3. The number of rotatable bonds is 4. The minimum atomic E-state index is -3.75. The van der Waals surface area contributed by atoms with Gasteiger partial charge in [-0.1, -0.05) is 0 Å². The van der Waals surface area contributed by atoms with E-state index in [2.05, 4.69) is 0 Å². The smallest absolute Gasteiger partial charge is 0.264 e. The molecule has 0 unspecified atom stereocenters. The van der Waals surface area contributed by atoms with Crippen molar-refractivity contribution in [3.8, 4) is 11.5 Å². The Morgan fingerprint density at radius 3 is 2.29 bits per heavy atom. The number of benzene rings is 2. The van der Waals surface area contributed by atoms with Crippen molar-refractivity contribution < 1.29 is 18.3 Å². The third kappa shape index (κ3) is 2.87. The predicted molar refractivity (Wildman–Crippen MR) is 81.1 cm³/mol. The second-order valence-corrected chi connectivity index (χ2v) is 6.36. The maximum Gasteiger partial charge on any atom is 0.264 e. The average Bonchev–Trinajstić information content (AvgIpc) is 2.49. The average molecular weight is 308 g/mol. The third-order valence-corrected chi connectivity index (χ3v) is 4.87. The lowest BCUT2D eigenvalue weighted by Crippen LogP contribution is -2.26. The fourth-order valence-electron chi connectivity index (χ4n) is 1.78. The van der Waals surface area contributed by atoms with E-state index in [9.17, 15) is 13.5 Å². The first kappa shape index (κ1) is 15.0. The number of phenols is 1. The molecule has 112 valence electrons. The number of nitrogen functional groups attached to an aromatic ring is 1. The highest BCUT2D eigenvalue weighted by molar-refractivity contribution is 7.92. The van der Waals surface area contributed by atoms with Gasteiger partial charge in [0.2, 0.25) is 0 Å². The van der Waals surface area contributed by atoms with Crippen LogP contribution in [0.1, 0.15) is 0 Å². The second-order valence-electron chi connectivity index (χ2n) is 4.39. The zero-order valence-electron chi connectivity index (χ0n) is 11.6. The molecule has 2 rings (SSSR count). The molecule has 0 bridgehead atoms. The van der Waals surface area contributed by atoms with E-state index >= 15 is 0 Å². The Kier molecular flexibility index (Phi) is 3.95. The van der Waals surface area contributed by atoms with Crippen LogP contribution in [0.3, 0.4) is 0 Å². The van der Waals surface area contributed by atoms with Gasteiger partial charge < -0.3 is 15.6 Å². The first-order valence-corrected chi connectivity index (χ1v) is 7.51. The summed E-state index contributed by atoms with van der Waals surface area (Å²) in [6.45, 7) is 0. The van der Waals surface area contributed by atoms with Crippen LogP contribution in [-0.2, 0) is 10.0 Å². The van der Waals surface area contributed by atoms with Gasteiger partial charge in [0.15, 0.2) is 0 Å². The molecule has 7 heteroatoms.